The molecule has 1 atom stereocenters. The van der Waals surface area contributed by atoms with Gasteiger partial charge in [-0.3, -0.25) is 14.2 Å². The highest BCUT2D eigenvalue weighted by Crippen LogP contribution is 2.19. The van der Waals surface area contributed by atoms with Gasteiger partial charge in [0.15, 0.2) is 0 Å². The largest absolute Gasteiger partial charge is 0.350 e. The Hall–Kier alpha value is -2.12. The predicted molar refractivity (Wildman–Crippen MR) is 113 cm³/mol. The Morgan fingerprint density at radius 1 is 1.26 bits per heavy atom. The van der Waals surface area contributed by atoms with Crippen LogP contribution in [0.1, 0.15) is 24.9 Å². The normalized spacial score (nSPS) is 12.1. The first kappa shape index (κ1) is 19.6. The summed E-state index contributed by atoms with van der Waals surface area (Å²) in [7, 11) is 0. The number of halogens is 1. The van der Waals surface area contributed by atoms with Crippen LogP contribution in [0.5, 0.6) is 0 Å². The van der Waals surface area contributed by atoms with Gasteiger partial charge in [0.1, 0.15) is 0 Å². The molecular formula is C20H20BrN3O2S. The lowest BCUT2D eigenvalue weighted by atomic mass is 10.1. The number of carbonyl (C=O) groups excluding carboxylic acids is 1. The molecule has 3 rings (SSSR count). The van der Waals surface area contributed by atoms with Gasteiger partial charge in [0.05, 0.1) is 23.3 Å². The van der Waals surface area contributed by atoms with E-state index in [9.17, 15) is 9.59 Å². The van der Waals surface area contributed by atoms with Crippen LogP contribution in [0.15, 0.2) is 63.0 Å². The van der Waals surface area contributed by atoms with E-state index in [1.165, 1.54) is 15.8 Å². The molecule has 0 saturated heterocycles. The lowest BCUT2D eigenvalue weighted by Gasteiger charge is -2.15. The van der Waals surface area contributed by atoms with Crippen molar-refractivity contribution in [3.05, 3.63) is 69.2 Å². The van der Waals surface area contributed by atoms with E-state index in [1.807, 2.05) is 43.5 Å². The van der Waals surface area contributed by atoms with Crippen LogP contribution in [0.25, 0.3) is 10.9 Å². The summed E-state index contributed by atoms with van der Waals surface area (Å²) in [6, 6.07) is 13.4. The number of aryl methyl sites for hydroxylation is 1. The van der Waals surface area contributed by atoms with Crippen molar-refractivity contribution in [3.63, 3.8) is 0 Å². The second kappa shape index (κ2) is 8.71. The molecule has 0 saturated carbocycles. The lowest BCUT2D eigenvalue weighted by Crippen LogP contribution is -2.29. The summed E-state index contributed by atoms with van der Waals surface area (Å²) in [5, 5.41) is 3.52. The minimum Gasteiger partial charge on any atom is -0.350 e. The fourth-order valence-electron chi connectivity index (χ4n) is 2.80. The van der Waals surface area contributed by atoms with Crippen molar-refractivity contribution in [2.45, 2.75) is 30.8 Å². The van der Waals surface area contributed by atoms with E-state index in [4.69, 9.17) is 0 Å². The first-order valence-corrected chi connectivity index (χ1v) is 10.6. The molecule has 27 heavy (non-hydrogen) atoms. The van der Waals surface area contributed by atoms with Crippen molar-refractivity contribution >= 4 is 44.5 Å². The van der Waals surface area contributed by atoms with Gasteiger partial charge in [0, 0.05) is 22.3 Å². The zero-order chi connectivity index (χ0) is 19.4. The van der Waals surface area contributed by atoms with Gasteiger partial charge in [-0.15, -0.1) is 11.8 Å². The second-order valence-corrected chi connectivity index (χ2v) is 8.01. The summed E-state index contributed by atoms with van der Waals surface area (Å²) in [6.07, 6.45) is 3.74. The lowest BCUT2D eigenvalue weighted by molar-refractivity contribution is -0.121. The number of rotatable bonds is 6. The Labute approximate surface area is 170 Å². The van der Waals surface area contributed by atoms with Crippen LogP contribution in [-0.4, -0.2) is 21.7 Å². The molecule has 0 aliphatic heterocycles. The summed E-state index contributed by atoms with van der Waals surface area (Å²) in [5.74, 6) is -0.0994. The zero-order valence-corrected chi connectivity index (χ0v) is 17.5. The summed E-state index contributed by atoms with van der Waals surface area (Å²) in [5.41, 5.74) is 1.55. The number of thioether (sulfide) groups is 1. The maximum absolute atomic E-state index is 12.6. The topological polar surface area (TPSA) is 64.0 Å². The van der Waals surface area contributed by atoms with E-state index in [-0.39, 0.29) is 30.5 Å². The molecular weight excluding hydrogens is 426 g/mol. The van der Waals surface area contributed by atoms with Crippen molar-refractivity contribution in [3.8, 4) is 0 Å². The third-order valence-electron chi connectivity index (χ3n) is 4.36. The monoisotopic (exact) mass is 445 g/mol. The zero-order valence-electron chi connectivity index (χ0n) is 15.1. The van der Waals surface area contributed by atoms with Gasteiger partial charge in [-0.2, -0.15) is 0 Å². The molecule has 1 N–H and O–H groups in total. The van der Waals surface area contributed by atoms with Crippen LogP contribution in [-0.2, 0) is 11.3 Å². The molecule has 0 spiro atoms. The molecule has 1 heterocycles. The van der Waals surface area contributed by atoms with Crippen LogP contribution >= 0.6 is 27.7 Å². The molecule has 0 aliphatic rings. The molecule has 1 aromatic heterocycles. The Kier molecular flexibility index (Phi) is 6.34. The van der Waals surface area contributed by atoms with Crippen LogP contribution in [0.3, 0.4) is 0 Å². The third kappa shape index (κ3) is 4.78. The predicted octanol–water partition coefficient (Wildman–Crippen LogP) is 4.15. The van der Waals surface area contributed by atoms with Gasteiger partial charge in [0.25, 0.3) is 5.56 Å². The number of aromatic nitrogens is 2. The van der Waals surface area contributed by atoms with Gasteiger partial charge < -0.3 is 5.32 Å². The molecule has 0 bridgehead atoms. The van der Waals surface area contributed by atoms with Gasteiger partial charge in [-0.25, -0.2) is 4.98 Å². The second-order valence-electron chi connectivity index (χ2n) is 6.22. The van der Waals surface area contributed by atoms with Gasteiger partial charge in [0.2, 0.25) is 5.91 Å². The summed E-state index contributed by atoms with van der Waals surface area (Å²) in [6.45, 7) is 2.24. The molecule has 7 heteroatoms. The van der Waals surface area contributed by atoms with E-state index >= 15 is 0 Å². The van der Waals surface area contributed by atoms with E-state index < -0.39 is 0 Å². The third-order valence-corrected chi connectivity index (χ3v) is 5.60. The fraction of sp³-hybridized carbons (Fsp3) is 0.250. The highest BCUT2D eigenvalue weighted by atomic mass is 79.9. The number of carbonyl (C=O) groups is 1. The average molecular weight is 446 g/mol. The highest BCUT2D eigenvalue weighted by Gasteiger charge is 2.11. The van der Waals surface area contributed by atoms with E-state index in [0.717, 1.165) is 10.0 Å². The van der Waals surface area contributed by atoms with Crippen LogP contribution in [0.4, 0.5) is 0 Å². The Morgan fingerprint density at radius 2 is 2.00 bits per heavy atom. The van der Waals surface area contributed by atoms with E-state index in [1.54, 1.807) is 23.9 Å². The summed E-state index contributed by atoms with van der Waals surface area (Å²) < 4.78 is 2.30. The van der Waals surface area contributed by atoms with Crippen molar-refractivity contribution in [1.82, 2.24) is 14.9 Å². The fourth-order valence-corrected chi connectivity index (χ4v) is 3.57. The van der Waals surface area contributed by atoms with Crippen molar-refractivity contribution in [1.29, 1.82) is 0 Å². The van der Waals surface area contributed by atoms with Gasteiger partial charge in [-0.1, -0.05) is 28.1 Å². The van der Waals surface area contributed by atoms with Gasteiger partial charge in [-0.05, 0) is 49.1 Å². The number of amides is 1. The average Bonchev–Trinajstić information content (AvgIpc) is 2.68. The Balaban J connectivity index is 1.64. The number of hydrogen-bond donors (Lipinski definition) is 1. The number of nitrogens with one attached hydrogen (secondary N) is 1. The SMILES string of the molecule is CSc1ccc(C(C)NC(=O)CCn2cnc3ccc(Br)cc3c2=O)cc1. The maximum atomic E-state index is 12.6. The molecule has 5 nitrogen and oxygen atoms in total. The Bertz CT molecular complexity index is 1020. The van der Waals surface area contributed by atoms with Crippen LogP contribution in [0.2, 0.25) is 0 Å². The number of benzene rings is 2. The molecule has 0 fully saturated rings. The first-order chi connectivity index (χ1) is 13.0. The Morgan fingerprint density at radius 3 is 2.70 bits per heavy atom. The summed E-state index contributed by atoms with van der Waals surface area (Å²) in [4.78, 5) is 30.3. The highest BCUT2D eigenvalue weighted by molar-refractivity contribution is 9.10. The molecule has 2 aromatic carbocycles. The van der Waals surface area contributed by atoms with Gasteiger partial charge >= 0.3 is 0 Å². The first-order valence-electron chi connectivity index (χ1n) is 8.56. The van der Waals surface area contributed by atoms with Crippen molar-refractivity contribution < 1.29 is 4.79 Å². The quantitative estimate of drug-likeness (QED) is 0.578. The molecule has 1 unspecified atom stereocenters. The minimum atomic E-state index is -0.144. The van der Waals surface area contributed by atoms with Crippen molar-refractivity contribution in [2.24, 2.45) is 0 Å². The van der Waals surface area contributed by atoms with Crippen LogP contribution in [0, 0.1) is 0 Å². The number of nitrogens with zero attached hydrogens (tertiary/aromatic N) is 2. The molecule has 0 radical (unpaired) electrons. The van der Waals surface area contributed by atoms with Crippen LogP contribution < -0.4 is 10.9 Å². The summed E-state index contributed by atoms with van der Waals surface area (Å²) >= 11 is 5.05. The molecule has 1 amide bonds. The van der Waals surface area contributed by atoms with Crippen molar-refractivity contribution in [2.75, 3.05) is 6.26 Å². The minimum absolute atomic E-state index is 0.0872. The standard InChI is InChI=1S/C20H20BrN3O2S/c1-13(14-3-6-16(27-2)7-4-14)23-19(25)9-10-24-12-22-18-8-5-15(21)11-17(18)20(24)26/h3-8,11-13H,9-10H2,1-2H3,(H,23,25). The van der Waals surface area contributed by atoms with E-state index in [2.05, 4.69) is 26.2 Å². The molecule has 140 valence electrons. The van der Waals surface area contributed by atoms with E-state index in [0.29, 0.717) is 10.9 Å². The maximum Gasteiger partial charge on any atom is 0.261 e. The molecule has 3 aromatic rings. The number of hydrogen-bond acceptors (Lipinski definition) is 4. The number of fused-ring (bicyclic) bond motifs is 1. The molecule has 0 aliphatic carbocycles. The smallest absolute Gasteiger partial charge is 0.261 e.